The summed E-state index contributed by atoms with van der Waals surface area (Å²) in [4.78, 5) is 27.0. The number of carbonyl (C=O) groups excluding carboxylic acids is 1. The Balaban J connectivity index is 1.83. The Labute approximate surface area is 174 Å². The van der Waals surface area contributed by atoms with Gasteiger partial charge >= 0.3 is 6.18 Å². The number of amides is 1. The topological polar surface area (TPSA) is 55.2 Å². The third kappa shape index (κ3) is 3.83. The van der Waals surface area contributed by atoms with Crippen molar-refractivity contribution in [1.82, 2.24) is 9.78 Å². The van der Waals surface area contributed by atoms with Gasteiger partial charge in [0.2, 0.25) is 5.43 Å². The highest BCUT2D eigenvalue weighted by Crippen LogP contribution is 2.34. The van der Waals surface area contributed by atoms with Gasteiger partial charge in [0, 0.05) is 24.0 Å². The number of para-hydroxylation sites is 1. The first-order chi connectivity index (χ1) is 14.7. The summed E-state index contributed by atoms with van der Waals surface area (Å²) in [5.74, 6) is -1.18. The number of benzene rings is 2. The number of aromatic nitrogens is 2. The Bertz CT molecular complexity index is 1230. The minimum atomic E-state index is -4.64. The standard InChI is InChI=1S/C22H17F4N3O2/c1-13-11-19(30)20(27-29(13)18-7-3-2-6-16(18)22(24,25)26)21(31)28-10-4-5-14-12-15(23)8-9-17(14)28/h2-3,6-9,11-12H,4-5,10H2,1H3. The molecular weight excluding hydrogens is 414 g/mol. The van der Waals surface area contributed by atoms with Gasteiger partial charge in [0.25, 0.3) is 5.91 Å². The van der Waals surface area contributed by atoms with Crippen LogP contribution >= 0.6 is 0 Å². The molecule has 0 saturated heterocycles. The van der Waals surface area contributed by atoms with Crippen molar-refractivity contribution in [2.75, 3.05) is 11.4 Å². The molecule has 4 rings (SSSR count). The quantitative estimate of drug-likeness (QED) is 0.569. The van der Waals surface area contributed by atoms with Crippen LogP contribution in [-0.4, -0.2) is 22.2 Å². The summed E-state index contributed by atoms with van der Waals surface area (Å²) in [6.45, 7) is 1.72. The number of alkyl halides is 3. The lowest BCUT2D eigenvalue weighted by molar-refractivity contribution is -0.137. The Hall–Kier alpha value is -3.49. The predicted octanol–water partition coefficient (Wildman–Crippen LogP) is 4.29. The Morgan fingerprint density at radius 3 is 2.55 bits per heavy atom. The molecule has 160 valence electrons. The first kappa shape index (κ1) is 20.8. The number of aryl methyl sites for hydroxylation is 2. The number of rotatable bonds is 2. The first-order valence-corrected chi connectivity index (χ1v) is 9.54. The fraction of sp³-hybridized carbons (Fsp3) is 0.227. The van der Waals surface area contributed by atoms with Crippen LogP contribution in [0.2, 0.25) is 0 Å². The van der Waals surface area contributed by atoms with Crippen LogP contribution in [0.25, 0.3) is 5.69 Å². The van der Waals surface area contributed by atoms with Crippen LogP contribution in [0.15, 0.2) is 53.3 Å². The van der Waals surface area contributed by atoms with E-state index in [1.54, 1.807) is 0 Å². The van der Waals surface area contributed by atoms with E-state index >= 15 is 0 Å². The molecule has 9 heteroatoms. The van der Waals surface area contributed by atoms with Gasteiger partial charge in [-0.1, -0.05) is 12.1 Å². The average molecular weight is 431 g/mol. The summed E-state index contributed by atoms with van der Waals surface area (Å²) >= 11 is 0. The van der Waals surface area contributed by atoms with Crippen molar-refractivity contribution in [3.63, 3.8) is 0 Å². The van der Waals surface area contributed by atoms with Gasteiger partial charge < -0.3 is 4.90 Å². The highest BCUT2D eigenvalue weighted by Gasteiger charge is 2.34. The van der Waals surface area contributed by atoms with E-state index in [1.165, 1.54) is 48.2 Å². The fourth-order valence-electron chi connectivity index (χ4n) is 3.74. The zero-order chi connectivity index (χ0) is 22.3. The van der Waals surface area contributed by atoms with Gasteiger partial charge in [-0.25, -0.2) is 9.07 Å². The van der Waals surface area contributed by atoms with E-state index in [-0.39, 0.29) is 17.9 Å². The van der Waals surface area contributed by atoms with Gasteiger partial charge in [-0.15, -0.1) is 0 Å². The van der Waals surface area contributed by atoms with Crippen LogP contribution in [0.5, 0.6) is 0 Å². The van der Waals surface area contributed by atoms with Gasteiger partial charge in [0.15, 0.2) is 5.69 Å². The lowest BCUT2D eigenvalue weighted by atomic mass is 10.0. The Morgan fingerprint density at radius 2 is 1.81 bits per heavy atom. The number of anilines is 1. The molecule has 1 amide bonds. The molecule has 5 nitrogen and oxygen atoms in total. The molecule has 0 N–H and O–H groups in total. The predicted molar refractivity (Wildman–Crippen MR) is 106 cm³/mol. The molecule has 2 heterocycles. The summed E-state index contributed by atoms with van der Waals surface area (Å²) in [6, 6.07) is 9.88. The fourth-order valence-corrected chi connectivity index (χ4v) is 3.74. The monoisotopic (exact) mass is 431 g/mol. The molecule has 0 unspecified atom stereocenters. The van der Waals surface area contributed by atoms with E-state index < -0.39 is 34.6 Å². The van der Waals surface area contributed by atoms with Gasteiger partial charge in [-0.3, -0.25) is 9.59 Å². The summed E-state index contributed by atoms with van der Waals surface area (Å²) in [5, 5.41) is 4.02. The molecule has 0 atom stereocenters. The normalized spacial score (nSPS) is 13.8. The van der Waals surface area contributed by atoms with E-state index in [2.05, 4.69) is 5.10 Å². The van der Waals surface area contributed by atoms with Gasteiger partial charge in [-0.2, -0.15) is 18.3 Å². The van der Waals surface area contributed by atoms with E-state index in [9.17, 15) is 27.2 Å². The lowest BCUT2D eigenvalue weighted by Gasteiger charge is -2.29. The van der Waals surface area contributed by atoms with Crippen LogP contribution in [0, 0.1) is 12.7 Å². The van der Waals surface area contributed by atoms with E-state index in [0.29, 0.717) is 24.1 Å². The minimum Gasteiger partial charge on any atom is -0.307 e. The molecule has 0 saturated carbocycles. The van der Waals surface area contributed by atoms with Crippen molar-refractivity contribution in [1.29, 1.82) is 0 Å². The summed E-state index contributed by atoms with van der Waals surface area (Å²) < 4.78 is 55.0. The molecule has 2 aromatic carbocycles. The number of hydrogen-bond donors (Lipinski definition) is 0. The highest BCUT2D eigenvalue weighted by molar-refractivity contribution is 6.05. The van der Waals surface area contributed by atoms with E-state index in [0.717, 1.165) is 16.8 Å². The van der Waals surface area contributed by atoms with E-state index in [1.807, 2.05) is 0 Å². The van der Waals surface area contributed by atoms with Crippen molar-refractivity contribution in [2.45, 2.75) is 25.9 Å². The maximum Gasteiger partial charge on any atom is 0.418 e. The van der Waals surface area contributed by atoms with Crippen molar-refractivity contribution >= 4 is 11.6 Å². The van der Waals surface area contributed by atoms with Crippen LogP contribution in [0.1, 0.15) is 33.7 Å². The second-order valence-corrected chi connectivity index (χ2v) is 7.26. The van der Waals surface area contributed by atoms with E-state index in [4.69, 9.17) is 0 Å². The number of fused-ring (bicyclic) bond motifs is 1. The first-order valence-electron chi connectivity index (χ1n) is 9.54. The molecule has 0 spiro atoms. The summed E-state index contributed by atoms with van der Waals surface area (Å²) in [5.41, 5.74) is -1.19. The van der Waals surface area contributed by atoms with Crippen LogP contribution in [0.4, 0.5) is 23.2 Å². The summed E-state index contributed by atoms with van der Waals surface area (Å²) in [6.07, 6.45) is -3.52. The molecule has 31 heavy (non-hydrogen) atoms. The Kier molecular flexibility index (Phi) is 5.12. The van der Waals surface area contributed by atoms with Gasteiger partial charge in [-0.05, 0) is 55.7 Å². The molecule has 0 fully saturated rings. The third-order valence-corrected chi connectivity index (χ3v) is 5.15. The second kappa shape index (κ2) is 7.64. The molecular formula is C22H17F4N3O2. The zero-order valence-electron chi connectivity index (χ0n) is 16.4. The third-order valence-electron chi connectivity index (χ3n) is 5.15. The smallest absolute Gasteiger partial charge is 0.307 e. The highest BCUT2D eigenvalue weighted by atomic mass is 19.4. The number of halogens is 4. The zero-order valence-corrected chi connectivity index (χ0v) is 16.4. The summed E-state index contributed by atoms with van der Waals surface area (Å²) in [7, 11) is 0. The van der Waals surface area contributed by atoms with Crippen molar-refractivity contribution in [3.05, 3.63) is 87.1 Å². The van der Waals surface area contributed by atoms with Gasteiger partial charge in [0.1, 0.15) is 5.82 Å². The van der Waals surface area contributed by atoms with Crippen molar-refractivity contribution in [2.24, 2.45) is 0 Å². The molecule has 0 radical (unpaired) electrons. The largest absolute Gasteiger partial charge is 0.418 e. The van der Waals surface area contributed by atoms with Crippen LogP contribution < -0.4 is 10.3 Å². The molecule has 1 aliphatic heterocycles. The number of nitrogens with zero attached hydrogens (tertiary/aromatic N) is 3. The maximum atomic E-state index is 13.6. The Morgan fingerprint density at radius 1 is 1.06 bits per heavy atom. The second-order valence-electron chi connectivity index (χ2n) is 7.26. The maximum absolute atomic E-state index is 13.6. The van der Waals surface area contributed by atoms with Crippen LogP contribution in [0.3, 0.4) is 0 Å². The number of carbonyl (C=O) groups is 1. The molecule has 1 aliphatic rings. The SMILES string of the molecule is Cc1cc(=O)c(C(=O)N2CCCc3cc(F)ccc32)nn1-c1ccccc1C(F)(F)F. The van der Waals surface area contributed by atoms with Crippen molar-refractivity contribution < 1.29 is 22.4 Å². The molecule has 0 aliphatic carbocycles. The molecule has 0 bridgehead atoms. The molecule has 3 aromatic rings. The number of hydrogen-bond acceptors (Lipinski definition) is 3. The van der Waals surface area contributed by atoms with Crippen molar-refractivity contribution in [3.8, 4) is 5.69 Å². The average Bonchev–Trinajstić information content (AvgIpc) is 2.72. The molecule has 1 aromatic heterocycles. The van der Waals surface area contributed by atoms with Gasteiger partial charge in [0.05, 0.1) is 11.3 Å². The van der Waals surface area contributed by atoms with Crippen LogP contribution in [-0.2, 0) is 12.6 Å². The lowest BCUT2D eigenvalue weighted by Crippen LogP contribution is -2.39. The minimum absolute atomic E-state index is 0.152.